The first kappa shape index (κ1) is 14.9. The van der Waals surface area contributed by atoms with Crippen molar-refractivity contribution in [3.05, 3.63) is 29.8 Å². The number of benzene rings is 1. The highest BCUT2D eigenvalue weighted by atomic mass is 16.2. The average molecular weight is 275 g/mol. The van der Waals surface area contributed by atoms with Gasteiger partial charge in [0.1, 0.15) is 6.54 Å². The van der Waals surface area contributed by atoms with Crippen molar-refractivity contribution in [2.75, 3.05) is 18.1 Å². The normalized spacial score (nSPS) is 15.9. The van der Waals surface area contributed by atoms with Crippen LogP contribution in [0, 0.1) is 12.8 Å². The molecule has 1 aliphatic carbocycles. The van der Waals surface area contributed by atoms with E-state index in [1.54, 1.807) is 0 Å². The predicted octanol–water partition coefficient (Wildman–Crippen LogP) is 2.37. The Labute approximate surface area is 121 Å². The summed E-state index contributed by atoms with van der Waals surface area (Å²) in [5.74, 6) is 6.58. The van der Waals surface area contributed by atoms with E-state index in [1.165, 1.54) is 42.7 Å². The van der Waals surface area contributed by atoms with Crippen LogP contribution in [0.3, 0.4) is 0 Å². The number of nitrogens with two attached hydrogens (primary N) is 1. The van der Waals surface area contributed by atoms with Crippen LogP contribution in [0.5, 0.6) is 0 Å². The monoisotopic (exact) mass is 275 g/mol. The van der Waals surface area contributed by atoms with Gasteiger partial charge < -0.3 is 10.3 Å². The third-order valence-corrected chi connectivity index (χ3v) is 3.99. The fourth-order valence-corrected chi connectivity index (χ4v) is 2.69. The quantitative estimate of drug-likeness (QED) is 0.640. The number of hydrogen-bond donors (Lipinski definition) is 2. The minimum atomic E-state index is -0.00125. The predicted molar refractivity (Wildman–Crippen MR) is 82.3 cm³/mol. The molecular weight excluding hydrogens is 250 g/mol. The molecule has 0 radical (unpaired) electrons. The van der Waals surface area contributed by atoms with E-state index in [1.807, 2.05) is 31.2 Å². The number of anilines is 1. The van der Waals surface area contributed by atoms with Crippen LogP contribution in [0.15, 0.2) is 24.3 Å². The fourth-order valence-electron chi connectivity index (χ4n) is 2.69. The molecule has 0 aliphatic heterocycles. The summed E-state index contributed by atoms with van der Waals surface area (Å²) in [6, 6.07) is 7.86. The van der Waals surface area contributed by atoms with Crippen LogP contribution in [0.1, 0.15) is 37.7 Å². The van der Waals surface area contributed by atoms with Crippen molar-refractivity contribution in [3.8, 4) is 0 Å². The first-order valence-corrected chi connectivity index (χ1v) is 7.51. The Bertz CT molecular complexity index is 424. The van der Waals surface area contributed by atoms with Gasteiger partial charge in [0.25, 0.3) is 0 Å². The van der Waals surface area contributed by atoms with Crippen molar-refractivity contribution in [1.82, 2.24) is 5.32 Å². The highest BCUT2D eigenvalue weighted by Gasteiger charge is 2.15. The summed E-state index contributed by atoms with van der Waals surface area (Å²) in [6.45, 7) is 3.03. The maximum atomic E-state index is 11.9. The van der Waals surface area contributed by atoms with Crippen molar-refractivity contribution in [2.24, 2.45) is 11.8 Å². The highest BCUT2D eigenvalue weighted by Crippen LogP contribution is 2.22. The molecule has 1 amide bonds. The smallest absolute Gasteiger partial charge is 0.241 e. The average Bonchev–Trinajstić information content (AvgIpc) is 2.47. The molecule has 110 valence electrons. The lowest BCUT2D eigenvalue weighted by molar-refractivity contribution is -0.120. The molecule has 0 spiro atoms. The third-order valence-electron chi connectivity index (χ3n) is 3.99. The van der Waals surface area contributed by atoms with Gasteiger partial charge in [0, 0.05) is 6.54 Å². The summed E-state index contributed by atoms with van der Waals surface area (Å²) in [4.78, 5) is 11.9. The molecule has 20 heavy (non-hydrogen) atoms. The van der Waals surface area contributed by atoms with Gasteiger partial charge in [-0.05, 0) is 37.8 Å². The lowest BCUT2D eigenvalue weighted by Crippen LogP contribution is -2.42. The molecule has 4 heteroatoms. The number of aryl methyl sites for hydroxylation is 1. The summed E-state index contributed by atoms with van der Waals surface area (Å²) in [6.07, 6.45) is 6.42. The number of hydrogen-bond acceptors (Lipinski definition) is 3. The Morgan fingerprint density at radius 3 is 2.55 bits per heavy atom. The summed E-state index contributed by atoms with van der Waals surface area (Å²) in [5, 5.41) is 4.50. The second-order valence-electron chi connectivity index (χ2n) is 5.77. The number of amides is 1. The lowest BCUT2D eigenvalue weighted by Gasteiger charge is -2.23. The molecule has 1 aliphatic rings. The molecular formula is C16H25N3O. The minimum absolute atomic E-state index is 0.00125. The van der Waals surface area contributed by atoms with E-state index in [0.29, 0.717) is 5.92 Å². The molecule has 2 rings (SSSR count). The second-order valence-corrected chi connectivity index (χ2v) is 5.77. The first-order valence-electron chi connectivity index (χ1n) is 7.51. The molecule has 0 bridgehead atoms. The van der Waals surface area contributed by atoms with Crippen LogP contribution < -0.4 is 16.2 Å². The molecule has 4 nitrogen and oxygen atoms in total. The molecule has 1 aromatic rings. The summed E-state index contributed by atoms with van der Waals surface area (Å²) in [7, 11) is 0. The molecule has 1 aromatic carbocycles. The van der Waals surface area contributed by atoms with Gasteiger partial charge in [0.05, 0.1) is 5.69 Å². The van der Waals surface area contributed by atoms with E-state index in [2.05, 4.69) is 5.32 Å². The number of hydrazine groups is 1. The maximum Gasteiger partial charge on any atom is 0.241 e. The van der Waals surface area contributed by atoms with Crippen LogP contribution in [0.25, 0.3) is 0 Å². The van der Waals surface area contributed by atoms with E-state index < -0.39 is 0 Å². The zero-order valence-corrected chi connectivity index (χ0v) is 12.3. The number of carbonyl (C=O) groups is 1. The van der Waals surface area contributed by atoms with Gasteiger partial charge in [-0.1, -0.05) is 37.0 Å². The molecule has 0 saturated heterocycles. The Hall–Kier alpha value is -1.55. The zero-order valence-electron chi connectivity index (χ0n) is 12.3. The zero-order chi connectivity index (χ0) is 14.4. The van der Waals surface area contributed by atoms with Crippen LogP contribution in [0.4, 0.5) is 5.69 Å². The largest absolute Gasteiger partial charge is 0.354 e. The van der Waals surface area contributed by atoms with Crippen molar-refractivity contribution < 1.29 is 4.79 Å². The SMILES string of the molecule is Cc1ccc(N(N)CC(=O)NCC2CCCCC2)cc1. The van der Waals surface area contributed by atoms with E-state index in [-0.39, 0.29) is 12.5 Å². The lowest BCUT2D eigenvalue weighted by atomic mass is 9.89. The van der Waals surface area contributed by atoms with E-state index >= 15 is 0 Å². The van der Waals surface area contributed by atoms with Gasteiger partial charge in [-0.25, -0.2) is 5.84 Å². The van der Waals surface area contributed by atoms with Gasteiger partial charge in [0.2, 0.25) is 5.91 Å². The molecule has 0 atom stereocenters. The van der Waals surface area contributed by atoms with Crippen LogP contribution in [0.2, 0.25) is 0 Å². The Kier molecular flexibility index (Phi) is 5.41. The highest BCUT2D eigenvalue weighted by molar-refractivity contribution is 5.81. The maximum absolute atomic E-state index is 11.9. The van der Waals surface area contributed by atoms with Gasteiger partial charge in [-0.3, -0.25) is 4.79 Å². The third kappa shape index (κ3) is 4.53. The first-order chi connectivity index (χ1) is 9.65. The topological polar surface area (TPSA) is 58.4 Å². The van der Waals surface area contributed by atoms with E-state index in [4.69, 9.17) is 5.84 Å². The molecule has 1 fully saturated rings. The number of nitrogens with one attached hydrogen (secondary N) is 1. The number of rotatable bonds is 5. The second kappa shape index (κ2) is 7.29. The Morgan fingerprint density at radius 2 is 1.90 bits per heavy atom. The standard InChI is InChI=1S/C16H25N3O/c1-13-7-9-15(10-8-13)19(17)12-16(20)18-11-14-5-3-2-4-6-14/h7-10,14H,2-6,11-12,17H2,1H3,(H,18,20). The molecule has 0 unspecified atom stereocenters. The fraction of sp³-hybridized carbons (Fsp3) is 0.562. The summed E-state index contributed by atoms with van der Waals surface area (Å²) in [5.41, 5.74) is 2.05. The van der Waals surface area contributed by atoms with Crippen LogP contribution in [-0.2, 0) is 4.79 Å². The molecule has 0 aromatic heterocycles. The van der Waals surface area contributed by atoms with Crippen molar-refractivity contribution in [3.63, 3.8) is 0 Å². The van der Waals surface area contributed by atoms with Gasteiger partial charge >= 0.3 is 0 Å². The molecule has 0 heterocycles. The van der Waals surface area contributed by atoms with E-state index in [0.717, 1.165) is 12.2 Å². The van der Waals surface area contributed by atoms with Crippen molar-refractivity contribution >= 4 is 11.6 Å². The number of nitrogens with zero attached hydrogens (tertiary/aromatic N) is 1. The van der Waals surface area contributed by atoms with Gasteiger partial charge in [-0.15, -0.1) is 0 Å². The minimum Gasteiger partial charge on any atom is -0.354 e. The Balaban J connectivity index is 1.74. The molecule has 3 N–H and O–H groups in total. The Morgan fingerprint density at radius 1 is 1.25 bits per heavy atom. The van der Waals surface area contributed by atoms with Crippen molar-refractivity contribution in [1.29, 1.82) is 0 Å². The summed E-state index contributed by atoms with van der Waals surface area (Å²) < 4.78 is 0. The van der Waals surface area contributed by atoms with Crippen molar-refractivity contribution in [2.45, 2.75) is 39.0 Å². The molecule has 1 saturated carbocycles. The van der Waals surface area contributed by atoms with E-state index in [9.17, 15) is 4.79 Å². The van der Waals surface area contributed by atoms with Gasteiger partial charge in [0.15, 0.2) is 0 Å². The number of carbonyl (C=O) groups excluding carboxylic acids is 1. The van der Waals surface area contributed by atoms with Crippen LogP contribution in [-0.4, -0.2) is 19.0 Å². The van der Waals surface area contributed by atoms with Gasteiger partial charge in [-0.2, -0.15) is 0 Å². The summed E-state index contributed by atoms with van der Waals surface area (Å²) >= 11 is 0. The van der Waals surface area contributed by atoms with Crippen LogP contribution >= 0.6 is 0 Å².